The minimum Gasteiger partial charge on any atom is -0.393 e. The van der Waals surface area contributed by atoms with Gasteiger partial charge in [-0.1, -0.05) is 33.6 Å². The van der Waals surface area contributed by atoms with Crippen LogP contribution in [0.1, 0.15) is 91.9 Å². The highest BCUT2D eigenvalue weighted by molar-refractivity contribution is 5.14. The molecule has 4 rings (SSSR count). The molecule has 5 nitrogen and oxygen atoms in total. The van der Waals surface area contributed by atoms with Gasteiger partial charge in [-0.3, -0.25) is 0 Å². The predicted octanol–water partition coefficient (Wildman–Crippen LogP) is 3.50. The first-order chi connectivity index (χ1) is 14.9. The van der Waals surface area contributed by atoms with E-state index < -0.39 is 5.60 Å². The molecule has 0 unspecified atom stereocenters. The van der Waals surface area contributed by atoms with Crippen LogP contribution in [0.2, 0.25) is 0 Å². The smallest absolute Gasteiger partial charge is 0.0849 e. The second-order valence-corrected chi connectivity index (χ2v) is 13.1. The minimum absolute atomic E-state index is 0.116. The standard InChI is InChI=1S/C27H48O5/c1-16(6-5-10-25(2,32)15-28)19-7-8-20-24-21(14-23(31)27(19,20)4)26(3)11-9-18(29)12-17(26)13-22(24)30/h16-24,28-32H,5-15H2,1-4H3/t16-,17+,18-,19-,20+,21+,22-,23+,24+,25-,26+,27-/m1/s1. The lowest BCUT2D eigenvalue weighted by Crippen LogP contribution is -2.62. The van der Waals surface area contributed by atoms with E-state index in [2.05, 4.69) is 20.8 Å². The Morgan fingerprint density at radius 3 is 2.41 bits per heavy atom. The van der Waals surface area contributed by atoms with Gasteiger partial charge >= 0.3 is 0 Å². The molecule has 0 aliphatic heterocycles. The Labute approximate surface area is 194 Å². The highest BCUT2D eigenvalue weighted by Gasteiger charge is 2.65. The van der Waals surface area contributed by atoms with Crippen LogP contribution in [0.15, 0.2) is 0 Å². The summed E-state index contributed by atoms with van der Waals surface area (Å²) < 4.78 is 0. The second kappa shape index (κ2) is 8.78. The van der Waals surface area contributed by atoms with Gasteiger partial charge in [0.15, 0.2) is 0 Å². The van der Waals surface area contributed by atoms with Crippen LogP contribution in [0, 0.1) is 46.3 Å². The van der Waals surface area contributed by atoms with Crippen molar-refractivity contribution in [1.82, 2.24) is 0 Å². The maximum absolute atomic E-state index is 11.6. The molecule has 0 radical (unpaired) electrons. The number of hydrogen-bond acceptors (Lipinski definition) is 5. The van der Waals surface area contributed by atoms with E-state index in [4.69, 9.17) is 0 Å². The number of hydrogen-bond donors (Lipinski definition) is 5. The van der Waals surface area contributed by atoms with E-state index in [0.29, 0.717) is 36.0 Å². The molecule has 0 aromatic heterocycles. The fourth-order valence-electron chi connectivity index (χ4n) is 9.22. The Hall–Kier alpha value is -0.200. The van der Waals surface area contributed by atoms with Crippen molar-refractivity contribution in [2.24, 2.45) is 46.3 Å². The average molecular weight is 453 g/mol. The van der Waals surface area contributed by atoms with Crippen molar-refractivity contribution in [2.75, 3.05) is 6.61 Å². The van der Waals surface area contributed by atoms with E-state index in [1.165, 1.54) is 0 Å². The van der Waals surface area contributed by atoms with Crippen LogP contribution in [0.3, 0.4) is 0 Å². The lowest BCUT2D eigenvalue weighted by molar-refractivity contribution is -0.207. The summed E-state index contributed by atoms with van der Waals surface area (Å²) in [6.45, 7) is 8.45. The molecule has 0 saturated heterocycles. The zero-order valence-corrected chi connectivity index (χ0v) is 20.7. The Morgan fingerprint density at radius 1 is 1.00 bits per heavy atom. The summed E-state index contributed by atoms with van der Waals surface area (Å²) in [5.74, 6) is 2.17. The van der Waals surface area contributed by atoms with Gasteiger partial charge in [0.1, 0.15) is 0 Å². The monoisotopic (exact) mass is 452 g/mol. The molecule has 0 heterocycles. The molecule has 0 bridgehead atoms. The summed E-state index contributed by atoms with van der Waals surface area (Å²) >= 11 is 0. The molecule has 186 valence electrons. The van der Waals surface area contributed by atoms with Crippen molar-refractivity contribution in [3.8, 4) is 0 Å². The summed E-state index contributed by atoms with van der Waals surface area (Å²) in [4.78, 5) is 0. The molecular weight excluding hydrogens is 404 g/mol. The van der Waals surface area contributed by atoms with Gasteiger partial charge in [-0.05, 0) is 105 Å². The van der Waals surface area contributed by atoms with Gasteiger partial charge in [-0.15, -0.1) is 0 Å². The first-order valence-electron chi connectivity index (χ1n) is 13.3. The SMILES string of the molecule is C[C@H](CCC[C@@](C)(O)CO)[C@H]1CC[C@H]2[C@@H]3[C@H](O)C[C@@H]4C[C@H](O)CC[C@]4(C)[C@H]3C[C@H](O)[C@]12C. The highest BCUT2D eigenvalue weighted by Crippen LogP contribution is 2.68. The van der Waals surface area contributed by atoms with Crippen molar-refractivity contribution in [2.45, 2.75) is 116 Å². The van der Waals surface area contributed by atoms with E-state index >= 15 is 0 Å². The number of rotatable bonds is 6. The van der Waals surface area contributed by atoms with Crippen molar-refractivity contribution in [1.29, 1.82) is 0 Å². The zero-order valence-electron chi connectivity index (χ0n) is 20.7. The van der Waals surface area contributed by atoms with Crippen molar-refractivity contribution in [3.63, 3.8) is 0 Å². The molecule has 5 heteroatoms. The number of aliphatic hydroxyl groups excluding tert-OH is 4. The predicted molar refractivity (Wildman–Crippen MR) is 125 cm³/mol. The summed E-state index contributed by atoms with van der Waals surface area (Å²) in [6.07, 6.45) is 7.96. The van der Waals surface area contributed by atoms with Crippen LogP contribution in [-0.4, -0.2) is 56.1 Å². The average Bonchev–Trinajstić information content (AvgIpc) is 3.08. The van der Waals surface area contributed by atoms with Crippen LogP contribution in [0.25, 0.3) is 0 Å². The fraction of sp³-hybridized carbons (Fsp3) is 1.00. The minimum atomic E-state index is -1.01. The van der Waals surface area contributed by atoms with Gasteiger partial charge in [-0.2, -0.15) is 0 Å². The third kappa shape index (κ3) is 3.98. The first kappa shape index (κ1) is 24.9. The third-order valence-corrected chi connectivity index (χ3v) is 11.2. The lowest BCUT2D eigenvalue weighted by atomic mass is 9.43. The first-order valence-corrected chi connectivity index (χ1v) is 13.3. The van der Waals surface area contributed by atoms with Crippen LogP contribution in [0.5, 0.6) is 0 Å². The van der Waals surface area contributed by atoms with Gasteiger partial charge in [0.25, 0.3) is 0 Å². The van der Waals surface area contributed by atoms with E-state index in [-0.39, 0.29) is 41.7 Å². The maximum Gasteiger partial charge on any atom is 0.0849 e. The van der Waals surface area contributed by atoms with Gasteiger partial charge in [0.05, 0.1) is 30.5 Å². The highest BCUT2D eigenvalue weighted by atomic mass is 16.3. The molecule has 0 spiro atoms. The molecule has 12 atom stereocenters. The Kier molecular flexibility index (Phi) is 6.84. The molecule has 5 N–H and O–H groups in total. The summed E-state index contributed by atoms with van der Waals surface area (Å²) in [5.41, 5.74) is -1.06. The van der Waals surface area contributed by atoms with Gasteiger partial charge in [0, 0.05) is 0 Å². The third-order valence-electron chi connectivity index (χ3n) is 11.2. The molecule has 4 aliphatic carbocycles. The van der Waals surface area contributed by atoms with E-state index in [1.54, 1.807) is 6.92 Å². The van der Waals surface area contributed by atoms with Gasteiger partial charge < -0.3 is 25.5 Å². The summed E-state index contributed by atoms with van der Waals surface area (Å²) in [7, 11) is 0. The van der Waals surface area contributed by atoms with E-state index in [0.717, 1.165) is 57.8 Å². The van der Waals surface area contributed by atoms with Gasteiger partial charge in [-0.25, -0.2) is 0 Å². The molecule has 4 aliphatic rings. The summed E-state index contributed by atoms with van der Waals surface area (Å²) in [5, 5.41) is 52.7. The molecule has 4 saturated carbocycles. The Balaban J connectivity index is 1.51. The second-order valence-electron chi connectivity index (χ2n) is 13.1. The summed E-state index contributed by atoms with van der Waals surface area (Å²) in [6, 6.07) is 0. The van der Waals surface area contributed by atoms with Crippen molar-refractivity contribution < 1.29 is 25.5 Å². The van der Waals surface area contributed by atoms with E-state index in [1.807, 2.05) is 0 Å². The fourth-order valence-corrected chi connectivity index (χ4v) is 9.22. The Bertz CT molecular complexity index is 666. The van der Waals surface area contributed by atoms with Crippen LogP contribution >= 0.6 is 0 Å². The maximum atomic E-state index is 11.6. The molecule has 0 aromatic carbocycles. The lowest BCUT2D eigenvalue weighted by Gasteiger charge is -2.63. The number of fused-ring (bicyclic) bond motifs is 5. The van der Waals surface area contributed by atoms with Gasteiger partial charge in [0.2, 0.25) is 0 Å². The van der Waals surface area contributed by atoms with Crippen LogP contribution < -0.4 is 0 Å². The van der Waals surface area contributed by atoms with Crippen molar-refractivity contribution >= 4 is 0 Å². The molecule has 0 aromatic rings. The van der Waals surface area contributed by atoms with E-state index in [9.17, 15) is 25.5 Å². The largest absolute Gasteiger partial charge is 0.393 e. The molecular formula is C27H48O5. The Morgan fingerprint density at radius 2 is 1.72 bits per heavy atom. The molecule has 32 heavy (non-hydrogen) atoms. The molecule has 0 amide bonds. The molecule has 4 fully saturated rings. The van der Waals surface area contributed by atoms with Crippen molar-refractivity contribution in [3.05, 3.63) is 0 Å². The zero-order chi connectivity index (χ0) is 23.5. The van der Waals surface area contributed by atoms with Crippen LogP contribution in [-0.2, 0) is 0 Å². The number of aliphatic hydroxyl groups is 5. The quantitative estimate of drug-likeness (QED) is 0.425. The normalized spacial score (nSPS) is 51.3. The van der Waals surface area contributed by atoms with Crippen LogP contribution in [0.4, 0.5) is 0 Å². The topological polar surface area (TPSA) is 101 Å².